The Morgan fingerprint density at radius 1 is 1.04 bits per heavy atom. The van der Waals surface area contributed by atoms with E-state index in [4.69, 9.17) is 0 Å². The third-order valence-electron chi connectivity index (χ3n) is 4.92. The van der Waals surface area contributed by atoms with Crippen LogP contribution in [0.2, 0.25) is 0 Å². The van der Waals surface area contributed by atoms with Crippen molar-refractivity contribution in [2.75, 3.05) is 0 Å². The van der Waals surface area contributed by atoms with Crippen LogP contribution in [-0.4, -0.2) is 26.7 Å². The zero-order chi connectivity index (χ0) is 19.5. The summed E-state index contributed by atoms with van der Waals surface area (Å²) in [5.74, 6) is -1.52. The van der Waals surface area contributed by atoms with Crippen LogP contribution in [0.4, 0.5) is 0 Å². The molecule has 0 radical (unpaired) electrons. The summed E-state index contributed by atoms with van der Waals surface area (Å²) in [6, 6.07) is 17.0. The molecule has 2 aromatic carbocycles. The zero-order valence-electron chi connectivity index (χ0n) is 15.1. The Kier molecular flexibility index (Phi) is 4.80. The van der Waals surface area contributed by atoms with Crippen LogP contribution >= 0.6 is 0 Å². The molecule has 1 aliphatic carbocycles. The molecule has 0 fully saturated rings. The third-order valence-corrected chi connectivity index (χ3v) is 4.92. The van der Waals surface area contributed by atoms with Gasteiger partial charge in [0.2, 0.25) is 5.91 Å². The van der Waals surface area contributed by atoms with E-state index in [-0.39, 0.29) is 23.3 Å². The van der Waals surface area contributed by atoms with Crippen molar-refractivity contribution in [2.45, 2.75) is 25.2 Å². The second kappa shape index (κ2) is 7.56. The number of nitrogens with zero attached hydrogens (tertiary/aromatic N) is 2. The number of fused-ring (bicyclic) bond motifs is 1. The first-order chi connectivity index (χ1) is 13.6. The maximum absolute atomic E-state index is 12.6. The third kappa shape index (κ3) is 3.46. The lowest BCUT2D eigenvalue weighted by Gasteiger charge is -2.24. The van der Waals surface area contributed by atoms with E-state index in [1.54, 1.807) is 12.1 Å². The van der Waals surface area contributed by atoms with Gasteiger partial charge in [0.25, 0.3) is 5.91 Å². The largest absolute Gasteiger partial charge is 0.504 e. The van der Waals surface area contributed by atoms with E-state index in [0.29, 0.717) is 5.69 Å². The molecule has 2 amide bonds. The Balaban J connectivity index is 1.44. The number of aryl methyl sites for hydroxylation is 1. The Labute approximate surface area is 162 Å². The summed E-state index contributed by atoms with van der Waals surface area (Å²) in [6.45, 7) is 0. The van der Waals surface area contributed by atoms with Crippen LogP contribution < -0.4 is 10.9 Å². The molecule has 0 saturated heterocycles. The van der Waals surface area contributed by atoms with E-state index in [1.165, 1.54) is 16.4 Å². The van der Waals surface area contributed by atoms with E-state index in [0.717, 1.165) is 24.8 Å². The number of amides is 2. The highest BCUT2D eigenvalue weighted by Gasteiger charge is 2.27. The standard InChI is InChI=1S/C21H20N4O3/c26-18-13-25(15-9-2-1-3-10-15)24-19(18)21(28)23-22-20(27)17-12-6-8-14-7-4-5-11-16(14)17/h1-5,7,9-11,13,17,26H,6,8,12H2,(H,22,27)(H,23,28). The number of benzene rings is 2. The fraction of sp³-hybridized carbons (Fsp3) is 0.190. The van der Waals surface area contributed by atoms with Gasteiger partial charge in [-0.25, -0.2) is 4.68 Å². The maximum atomic E-state index is 12.6. The summed E-state index contributed by atoms with van der Waals surface area (Å²) in [5, 5.41) is 14.2. The van der Waals surface area contributed by atoms with Crippen molar-refractivity contribution in [3.05, 3.63) is 77.6 Å². The Hall–Kier alpha value is -3.61. The predicted octanol–water partition coefficient (Wildman–Crippen LogP) is 2.46. The van der Waals surface area contributed by atoms with Crippen molar-refractivity contribution in [1.82, 2.24) is 20.6 Å². The minimum Gasteiger partial charge on any atom is -0.504 e. The first kappa shape index (κ1) is 17.8. The van der Waals surface area contributed by atoms with Gasteiger partial charge in [0.1, 0.15) is 0 Å². The monoisotopic (exact) mass is 376 g/mol. The molecule has 7 heteroatoms. The summed E-state index contributed by atoms with van der Waals surface area (Å²) in [7, 11) is 0. The zero-order valence-corrected chi connectivity index (χ0v) is 15.1. The number of aromatic nitrogens is 2. The lowest BCUT2D eigenvalue weighted by atomic mass is 9.82. The van der Waals surface area contributed by atoms with Gasteiger partial charge in [-0.2, -0.15) is 5.10 Å². The highest BCUT2D eigenvalue weighted by atomic mass is 16.3. The van der Waals surface area contributed by atoms with Crippen molar-refractivity contribution < 1.29 is 14.7 Å². The van der Waals surface area contributed by atoms with Crippen molar-refractivity contribution in [1.29, 1.82) is 0 Å². The SMILES string of the molecule is O=C(NNC(=O)C1CCCc2ccccc21)c1nn(-c2ccccc2)cc1O. The molecule has 1 aromatic heterocycles. The molecule has 1 unspecified atom stereocenters. The molecule has 28 heavy (non-hydrogen) atoms. The van der Waals surface area contributed by atoms with Gasteiger partial charge < -0.3 is 5.11 Å². The molecule has 0 aliphatic heterocycles. The molecule has 7 nitrogen and oxygen atoms in total. The predicted molar refractivity (Wildman–Crippen MR) is 103 cm³/mol. The Bertz CT molecular complexity index is 1010. The van der Waals surface area contributed by atoms with Gasteiger partial charge in [-0.3, -0.25) is 20.4 Å². The Morgan fingerprint density at radius 3 is 2.61 bits per heavy atom. The van der Waals surface area contributed by atoms with Crippen LogP contribution in [-0.2, 0) is 11.2 Å². The highest BCUT2D eigenvalue weighted by molar-refractivity contribution is 5.96. The van der Waals surface area contributed by atoms with Crippen LogP contribution in [0.1, 0.15) is 40.4 Å². The highest BCUT2D eigenvalue weighted by Crippen LogP contribution is 2.31. The first-order valence-electron chi connectivity index (χ1n) is 9.15. The molecule has 1 atom stereocenters. The summed E-state index contributed by atoms with van der Waals surface area (Å²) in [5.41, 5.74) is 7.54. The molecule has 3 aromatic rings. The van der Waals surface area contributed by atoms with Gasteiger partial charge in [-0.1, -0.05) is 42.5 Å². The average Bonchev–Trinajstić information content (AvgIpc) is 3.14. The lowest BCUT2D eigenvalue weighted by Crippen LogP contribution is -2.44. The fourth-order valence-corrected chi connectivity index (χ4v) is 3.53. The quantitative estimate of drug-likeness (QED) is 0.612. The van der Waals surface area contributed by atoms with Crippen LogP contribution in [0, 0.1) is 0 Å². The second-order valence-corrected chi connectivity index (χ2v) is 6.73. The number of rotatable bonds is 3. The average molecular weight is 376 g/mol. The van der Waals surface area contributed by atoms with Gasteiger partial charge in [-0.15, -0.1) is 0 Å². The molecule has 142 valence electrons. The van der Waals surface area contributed by atoms with Crippen molar-refractivity contribution >= 4 is 11.8 Å². The normalized spacial score (nSPS) is 15.5. The number of carbonyl (C=O) groups is 2. The van der Waals surface area contributed by atoms with Gasteiger partial charge >= 0.3 is 0 Å². The molecule has 1 heterocycles. The molecule has 0 bridgehead atoms. The van der Waals surface area contributed by atoms with Crippen LogP contribution in [0.15, 0.2) is 60.8 Å². The number of para-hydroxylation sites is 1. The van der Waals surface area contributed by atoms with Crippen molar-refractivity contribution in [3.8, 4) is 11.4 Å². The minimum atomic E-state index is -0.676. The molecule has 1 aliphatic rings. The van der Waals surface area contributed by atoms with Crippen LogP contribution in [0.3, 0.4) is 0 Å². The fourth-order valence-electron chi connectivity index (χ4n) is 3.53. The summed E-state index contributed by atoms with van der Waals surface area (Å²) in [4.78, 5) is 25.0. The second-order valence-electron chi connectivity index (χ2n) is 6.73. The number of hydrogen-bond donors (Lipinski definition) is 3. The van der Waals surface area contributed by atoms with Crippen molar-refractivity contribution in [2.24, 2.45) is 0 Å². The maximum Gasteiger partial charge on any atom is 0.294 e. The number of hydrogen-bond acceptors (Lipinski definition) is 4. The molecular weight excluding hydrogens is 356 g/mol. The smallest absolute Gasteiger partial charge is 0.294 e. The molecule has 3 N–H and O–H groups in total. The van der Waals surface area contributed by atoms with E-state index < -0.39 is 5.91 Å². The van der Waals surface area contributed by atoms with Gasteiger partial charge in [0, 0.05) is 0 Å². The number of carbonyl (C=O) groups excluding carboxylic acids is 2. The lowest BCUT2D eigenvalue weighted by molar-refractivity contribution is -0.123. The molecule has 4 rings (SSSR count). The van der Waals surface area contributed by atoms with E-state index >= 15 is 0 Å². The molecule has 0 spiro atoms. The molecular formula is C21H20N4O3. The summed E-state index contributed by atoms with van der Waals surface area (Å²) < 4.78 is 1.41. The van der Waals surface area contributed by atoms with E-state index in [1.807, 2.05) is 42.5 Å². The molecule has 0 saturated carbocycles. The van der Waals surface area contributed by atoms with Crippen LogP contribution in [0.5, 0.6) is 5.75 Å². The number of nitrogens with one attached hydrogen (secondary N) is 2. The number of aromatic hydroxyl groups is 1. The number of hydrazine groups is 1. The summed E-state index contributed by atoms with van der Waals surface area (Å²) >= 11 is 0. The van der Waals surface area contributed by atoms with Crippen molar-refractivity contribution in [3.63, 3.8) is 0 Å². The van der Waals surface area contributed by atoms with Crippen LogP contribution in [0.25, 0.3) is 5.69 Å². The minimum absolute atomic E-state index is 0.159. The van der Waals surface area contributed by atoms with E-state index in [2.05, 4.69) is 16.0 Å². The van der Waals surface area contributed by atoms with E-state index in [9.17, 15) is 14.7 Å². The van der Waals surface area contributed by atoms with Gasteiger partial charge in [0.05, 0.1) is 17.8 Å². The Morgan fingerprint density at radius 2 is 1.79 bits per heavy atom. The topological polar surface area (TPSA) is 96.3 Å². The summed E-state index contributed by atoms with van der Waals surface area (Å²) in [6.07, 6.45) is 3.96. The van der Waals surface area contributed by atoms with Gasteiger partial charge in [-0.05, 0) is 42.5 Å². The first-order valence-corrected chi connectivity index (χ1v) is 9.15. The van der Waals surface area contributed by atoms with Gasteiger partial charge in [0.15, 0.2) is 11.4 Å².